The van der Waals surface area contributed by atoms with Gasteiger partial charge in [0.2, 0.25) is 0 Å². The summed E-state index contributed by atoms with van der Waals surface area (Å²) in [5, 5.41) is 14.7. The fraction of sp³-hybridized carbons (Fsp3) is 0.269. The van der Waals surface area contributed by atoms with Crippen LogP contribution in [0.25, 0.3) is 16.9 Å². The van der Waals surface area contributed by atoms with Crippen LogP contribution in [0.5, 0.6) is 11.5 Å². The molecule has 0 unspecified atom stereocenters. The lowest BCUT2D eigenvalue weighted by Gasteiger charge is -2.32. The number of aromatic hydroxyl groups is 1. The van der Waals surface area contributed by atoms with Crippen LogP contribution in [0.4, 0.5) is 0 Å². The van der Waals surface area contributed by atoms with Crippen molar-refractivity contribution in [2.24, 2.45) is 11.8 Å². The Bertz CT molecular complexity index is 1360. The molecule has 2 aromatic carbocycles. The Hall–Kier alpha value is -3.85. The van der Waals surface area contributed by atoms with Crippen molar-refractivity contribution in [1.82, 2.24) is 19.5 Å². The molecule has 3 heterocycles. The highest BCUT2D eigenvalue weighted by atomic mass is 16.6. The van der Waals surface area contributed by atoms with Gasteiger partial charge in [-0.1, -0.05) is 18.2 Å². The molecule has 0 spiro atoms. The van der Waals surface area contributed by atoms with Crippen molar-refractivity contribution in [2.45, 2.75) is 25.7 Å². The van der Waals surface area contributed by atoms with Crippen LogP contribution in [0.2, 0.25) is 0 Å². The molecule has 1 aliphatic rings. The molecule has 1 amide bonds. The zero-order valence-corrected chi connectivity index (χ0v) is 19.3. The number of likely N-dealkylation sites (tertiary alicyclic amines) is 1. The molecule has 2 aromatic heterocycles. The molecule has 0 aliphatic carbocycles. The van der Waals surface area contributed by atoms with Crippen LogP contribution in [-0.2, 0) is 6.42 Å². The predicted octanol–water partition coefficient (Wildman–Crippen LogP) is 2.63. The Morgan fingerprint density at radius 2 is 1.94 bits per heavy atom. The number of benzene rings is 2. The van der Waals surface area contributed by atoms with Gasteiger partial charge in [-0.05, 0) is 73.5 Å². The molecule has 176 valence electrons. The van der Waals surface area contributed by atoms with E-state index in [9.17, 15) is 9.90 Å². The van der Waals surface area contributed by atoms with Gasteiger partial charge in [-0.2, -0.15) is 11.0 Å². The number of phenols is 1. The lowest BCUT2D eigenvalue weighted by Crippen LogP contribution is -2.38. The van der Waals surface area contributed by atoms with Gasteiger partial charge in [-0.15, -0.1) is 0 Å². The van der Waals surface area contributed by atoms with E-state index < -0.39 is 0 Å². The zero-order chi connectivity index (χ0) is 24.4. The van der Waals surface area contributed by atoms with Gasteiger partial charge >= 0.3 is 0 Å². The molecule has 1 aliphatic heterocycles. The van der Waals surface area contributed by atoms with Gasteiger partial charge < -0.3 is 14.8 Å². The van der Waals surface area contributed by atoms with Crippen LogP contribution in [0.3, 0.4) is 0 Å². The van der Waals surface area contributed by atoms with Crippen molar-refractivity contribution < 1.29 is 14.7 Å². The topological polar surface area (TPSA) is 106 Å². The Balaban J connectivity index is 1.27. The Labute approximate surface area is 204 Å². The summed E-state index contributed by atoms with van der Waals surface area (Å²) in [5.74, 6) is 6.36. The number of hydrogen-bond donors (Lipinski definition) is 2. The zero-order valence-electron chi connectivity index (χ0n) is 19.3. The summed E-state index contributed by atoms with van der Waals surface area (Å²) in [6.45, 7) is 1.42. The summed E-state index contributed by atoms with van der Waals surface area (Å²) in [6, 6.07) is 16.0. The standard InChI is InChI=1S/C26H26BN5O3/c27-22-16-29-32-19(15-23(30-25(22)32)21-6-1-2-7-24(21)33)9-8-17-10-12-31(13-11-17)26(34)18-4-3-5-20(14-18)35-28/h1-7,14-17,33H,8-13,28H2. The predicted molar refractivity (Wildman–Crippen MR) is 134 cm³/mol. The second-order valence-corrected chi connectivity index (χ2v) is 8.91. The molecule has 4 aromatic rings. The molecule has 1 saturated heterocycles. The van der Waals surface area contributed by atoms with Gasteiger partial charge in [0.1, 0.15) is 25.0 Å². The third-order valence-electron chi connectivity index (χ3n) is 6.68. The van der Waals surface area contributed by atoms with Crippen molar-refractivity contribution >= 4 is 24.9 Å². The molecular weight excluding hydrogens is 441 g/mol. The molecule has 8 nitrogen and oxygen atoms in total. The van der Waals surface area contributed by atoms with E-state index in [0.717, 1.165) is 31.4 Å². The lowest BCUT2D eigenvalue weighted by atomic mass is 9.91. The number of fused-ring (bicyclic) bond motifs is 1. The molecule has 1 fully saturated rings. The summed E-state index contributed by atoms with van der Waals surface area (Å²) in [6.07, 6.45) is 5.21. The highest BCUT2D eigenvalue weighted by Gasteiger charge is 2.24. The number of nitrogens with two attached hydrogens (primary N) is 1. The maximum absolute atomic E-state index is 12.9. The van der Waals surface area contributed by atoms with Crippen LogP contribution in [0.1, 0.15) is 35.3 Å². The molecule has 3 N–H and O–H groups in total. The molecule has 35 heavy (non-hydrogen) atoms. The van der Waals surface area contributed by atoms with Crippen LogP contribution in [-0.4, -0.2) is 51.4 Å². The molecule has 0 atom stereocenters. The van der Waals surface area contributed by atoms with E-state index in [-0.39, 0.29) is 11.7 Å². The van der Waals surface area contributed by atoms with Crippen molar-refractivity contribution in [3.05, 3.63) is 72.1 Å². The quantitative estimate of drug-likeness (QED) is 0.334. The highest BCUT2D eigenvalue weighted by molar-refractivity contribution is 6.36. The molecule has 5 rings (SSSR count). The van der Waals surface area contributed by atoms with Gasteiger partial charge in [-0.25, -0.2) is 9.50 Å². The smallest absolute Gasteiger partial charge is 0.253 e. The number of carbonyl (C=O) groups is 1. The molecule has 0 saturated carbocycles. The van der Waals surface area contributed by atoms with E-state index in [1.165, 1.54) is 0 Å². The van der Waals surface area contributed by atoms with Crippen LogP contribution in [0, 0.1) is 5.92 Å². The van der Waals surface area contributed by atoms with Gasteiger partial charge in [-0.3, -0.25) is 4.79 Å². The summed E-state index contributed by atoms with van der Waals surface area (Å²) in [5.41, 5.74) is 3.99. The van der Waals surface area contributed by atoms with E-state index in [1.807, 2.05) is 23.1 Å². The number of amides is 1. The normalized spacial score (nSPS) is 14.4. The summed E-state index contributed by atoms with van der Waals surface area (Å²) in [4.78, 5) is 24.2. The minimum atomic E-state index is -0.00230. The Morgan fingerprint density at radius 1 is 1.14 bits per heavy atom. The minimum Gasteiger partial charge on any atom is -0.507 e. The van der Waals surface area contributed by atoms with E-state index in [2.05, 4.69) is 10.1 Å². The molecule has 0 bridgehead atoms. The van der Waals surface area contributed by atoms with Crippen molar-refractivity contribution in [3.63, 3.8) is 0 Å². The number of carbonyl (C=O) groups excluding carboxylic acids is 1. The number of rotatable bonds is 6. The second kappa shape index (κ2) is 9.80. The van der Waals surface area contributed by atoms with E-state index in [4.69, 9.17) is 18.6 Å². The molecular formula is C26H26BN5O3. The fourth-order valence-corrected chi connectivity index (χ4v) is 4.71. The summed E-state index contributed by atoms with van der Waals surface area (Å²) < 4.78 is 1.78. The molecule has 9 heteroatoms. The lowest BCUT2D eigenvalue weighted by molar-refractivity contribution is 0.0686. The minimum absolute atomic E-state index is 0.00230. The average molecular weight is 467 g/mol. The third kappa shape index (κ3) is 4.72. The van der Waals surface area contributed by atoms with Gasteiger partial charge in [0.05, 0.1) is 5.69 Å². The van der Waals surface area contributed by atoms with E-state index in [0.29, 0.717) is 52.7 Å². The van der Waals surface area contributed by atoms with E-state index in [1.54, 1.807) is 47.1 Å². The van der Waals surface area contributed by atoms with Gasteiger partial charge in [0.25, 0.3) is 5.91 Å². The molecule has 2 radical (unpaired) electrons. The number of phenolic OH excluding ortho intramolecular Hbond substituents is 1. The number of aromatic nitrogens is 3. The number of nitrogens with zero attached hydrogens (tertiary/aromatic N) is 4. The first-order valence-electron chi connectivity index (χ1n) is 11.7. The Morgan fingerprint density at radius 3 is 2.71 bits per heavy atom. The van der Waals surface area contributed by atoms with Crippen LogP contribution >= 0.6 is 0 Å². The number of para-hydroxylation sites is 1. The maximum Gasteiger partial charge on any atom is 0.253 e. The first kappa shape index (κ1) is 22.9. The van der Waals surface area contributed by atoms with Crippen molar-refractivity contribution in [3.8, 4) is 22.8 Å². The number of piperidine rings is 1. The average Bonchev–Trinajstić information content (AvgIpc) is 3.28. The van der Waals surface area contributed by atoms with Crippen LogP contribution in [0.15, 0.2) is 60.8 Å². The van der Waals surface area contributed by atoms with Gasteiger partial charge in [0, 0.05) is 36.1 Å². The second-order valence-electron chi connectivity index (χ2n) is 8.91. The highest BCUT2D eigenvalue weighted by Crippen LogP contribution is 2.29. The van der Waals surface area contributed by atoms with E-state index >= 15 is 0 Å². The third-order valence-corrected chi connectivity index (χ3v) is 6.68. The first-order chi connectivity index (χ1) is 17.0. The Kier molecular flexibility index (Phi) is 6.42. The van der Waals surface area contributed by atoms with Crippen molar-refractivity contribution in [2.75, 3.05) is 13.1 Å². The summed E-state index contributed by atoms with van der Waals surface area (Å²) >= 11 is 0. The van der Waals surface area contributed by atoms with Gasteiger partial charge in [0.15, 0.2) is 0 Å². The van der Waals surface area contributed by atoms with Crippen molar-refractivity contribution in [1.29, 1.82) is 0 Å². The maximum atomic E-state index is 12.9. The first-order valence-corrected chi connectivity index (χ1v) is 11.7. The number of hydrogen-bond acceptors (Lipinski definition) is 6. The largest absolute Gasteiger partial charge is 0.507 e. The van der Waals surface area contributed by atoms with Crippen LogP contribution < -0.4 is 16.2 Å². The summed E-state index contributed by atoms with van der Waals surface area (Å²) in [7, 11) is 6.12. The SMILES string of the molecule is [B]c1cnn2c(CCC3CCN(C(=O)c4cccc(ON)c4)CC3)cc(-c3ccccc3O)nc12. The monoisotopic (exact) mass is 467 g/mol. The number of aryl methyl sites for hydroxylation is 1. The fourth-order valence-electron chi connectivity index (χ4n) is 4.71.